The molecule has 78 valence electrons. The molecule has 0 atom stereocenters. The van der Waals surface area contributed by atoms with Gasteiger partial charge in [0, 0.05) is 10.9 Å². The average Bonchev–Trinajstić information content (AvgIpc) is 2.69. The third-order valence-corrected chi connectivity index (χ3v) is 2.94. The molecule has 16 heavy (non-hydrogen) atoms. The fraction of sp³-hybridized carbons (Fsp3) is 0. The summed E-state index contributed by atoms with van der Waals surface area (Å²) in [4.78, 5) is 7.75. The molecule has 0 bridgehead atoms. The fourth-order valence-corrected chi connectivity index (χ4v) is 2.18. The minimum absolute atomic E-state index is 0.910. The van der Waals surface area contributed by atoms with E-state index in [2.05, 4.69) is 44.1 Å². The Morgan fingerprint density at radius 2 is 1.81 bits per heavy atom. The van der Waals surface area contributed by atoms with Gasteiger partial charge in [-0.25, -0.2) is 4.98 Å². The van der Waals surface area contributed by atoms with Gasteiger partial charge < -0.3 is 4.98 Å². The molecule has 0 spiro atoms. The van der Waals surface area contributed by atoms with Gasteiger partial charge in [-0.05, 0) is 34.1 Å². The third kappa shape index (κ3) is 1.63. The summed E-state index contributed by atoms with van der Waals surface area (Å²) < 4.78 is 0.959. The molecule has 2 heterocycles. The molecule has 1 aromatic carbocycles. The smallest absolute Gasteiger partial charge is 0.138 e. The predicted molar refractivity (Wildman–Crippen MR) is 69.2 cm³/mol. The molecule has 1 N–H and O–H groups in total. The molecular formula is C13H9BrN2. The average molecular weight is 273 g/mol. The molecular weight excluding hydrogens is 264 g/mol. The number of fused-ring (bicyclic) bond motifs is 1. The Bertz CT molecular complexity index is 629. The molecule has 0 unspecified atom stereocenters. The van der Waals surface area contributed by atoms with Gasteiger partial charge in [-0.1, -0.05) is 30.3 Å². The Hall–Kier alpha value is -1.61. The zero-order valence-corrected chi connectivity index (χ0v) is 10.0. The normalized spacial score (nSPS) is 10.8. The molecule has 2 aromatic heterocycles. The quantitative estimate of drug-likeness (QED) is 0.713. The van der Waals surface area contributed by atoms with E-state index in [9.17, 15) is 0 Å². The van der Waals surface area contributed by atoms with Crippen molar-refractivity contribution in [1.29, 1.82) is 0 Å². The topological polar surface area (TPSA) is 28.7 Å². The molecule has 0 aliphatic carbocycles. The number of aromatic amines is 1. The summed E-state index contributed by atoms with van der Waals surface area (Å²) in [6.07, 6.45) is 0. The second-order valence-electron chi connectivity index (χ2n) is 3.62. The standard InChI is InChI=1S/C13H9BrN2/c14-12-8-10-6-7-11(15-13(10)16-12)9-4-2-1-3-5-9/h1-8H,(H,15,16). The van der Waals surface area contributed by atoms with E-state index in [1.54, 1.807) is 0 Å². The molecule has 0 fully saturated rings. The first-order valence-electron chi connectivity index (χ1n) is 5.03. The summed E-state index contributed by atoms with van der Waals surface area (Å²) in [5.41, 5.74) is 3.03. The van der Waals surface area contributed by atoms with Gasteiger partial charge in [0.1, 0.15) is 5.65 Å². The Kier molecular flexibility index (Phi) is 2.26. The lowest BCUT2D eigenvalue weighted by Gasteiger charge is -1.99. The summed E-state index contributed by atoms with van der Waals surface area (Å²) in [6.45, 7) is 0. The van der Waals surface area contributed by atoms with Crippen LogP contribution in [0, 0.1) is 0 Å². The van der Waals surface area contributed by atoms with Gasteiger partial charge in [0.15, 0.2) is 0 Å². The largest absolute Gasteiger partial charge is 0.334 e. The number of benzene rings is 1. The Morgan fingerprint density at radius 1 is 1.00 bits per heavy atom. The number of hydrogen-bond acceptors (Lipinski definition) is 1. The van der Waals surface area contributed by atoms with E-state index in [1.807, 2.05) is 30.3 Å². The minimum Gasteiger partial charge on any atom is -0.334 e. The molecule has 0 saturated carbocycles. The van der Waals surface area contributed by atoms with Crippen LogP contribution in [0.5, 0.6) is 0 Å². The van der Waals surface area contributed by atoms with Crippen LogP contribution in [-0.4, -0.2) is 9.97 Å². The van der Waals surface area contributed by atoms with Gasteiger partial charge in [0.25, 0.3) is 0 Å². The lowest BCUT2D eigenvalue weighted by molar-refractivity contribution is 1.30. The highest BCUT2D eigenvalue weighted by molar-refractivity contribution is 9.10. The van der Waals surface area contributed by atoms with Crippen LogP contribution < -0.4 is 0 Å². The van der Waals surface area contributed by atoms with Crippen LogP contribution in [-0.2, 0) is 0 Å². The number of hydrogen-bond donors (Lipinski definition) is 1. The second-order valence-corrected chi connectivity index (χ2v) is 4.47. The Balaban J connectivity index is 2.18. The van der Waals surface area contributed by atoms with Crippen molar-refractivity contribution in [3.63, 3.8) is 0 Å². The zero-order valence-electron chi connectivity index (χ0n) is 8.44. The monoisotopic (exact) mass is 272 g/mol. The van der Waals surface area contributed by atoms with Crippen LogP contribution in [0.4, 0.5) is 0 Å². The van der Waals surface area contributed by atoms with Crippen LogP contribution in [0.25, 0.3) is 22.3 Å². The van der Waals surface area contributed by atoms with Gasteiger partial charge in [-0.3, -0.25) is 0 Å². The molecule has 0 aliphatic rings. The fourth-order valence-electron chi connectivity index (χ4n) is 1.74. The second kappa shape index (κ2) is 3.76. The summed E-state index contributed by atoms with van der Waals surface area (Å²) in [7, 11) is 0. The lowest BCUT2D eigenvalue weighted by atomic mass is 10.1. The van der Waals surface area contributed by atoms with Crippen LogP contribution in [0.3, 0.4) is 0 Å². The first-order chi connectivity index (χ1) is 7.83. The van der Waals surface area contributed by atoms with Gasteiger partial charge in [0.2, 0.25) is 0 Å². The number of pyridine rings is 1. The maximum Gasteiger partial charge on any atom is 0.138 e. The number of halogens is 1. The van der Waals surface area contributed by atoms with Gasteiger partial charge >= 0.3 is 0 Å². The van der Waals surface area contributed by atoms with Crippen molar-refractivity contribution >= 4 is 27.0 Å². The van der Waals surface area contributed by atoms with E-state index in [-0.39, 0.29) is 0 Å². The molecule has 0 amide bonds. The van der Waals surface area contributed by atoms with Crippen LogP contribution in [0.2, 0.25) is 0 Å². The van der Waals surface area contributed by atoms with Gasteiger partial charge in [0.05, 0.1) is 10.3 Å². The summed E-state index contributed by atoms with van der Waals surface area (Å²) in [5, 5.41) is 1.12. The van der Waals surface area contributed by atoms with E-state index in [1.165, 1.54) is 0 Å². The maximum absolute atomic E-state index is 4.58. The molecule has 0 saturated heterocycles. The number of nitrogens with zero attached hydrogens (tertiary/aromatic N) is 1. The van der Waals surface area contributed by atoms with Crippen molar-refractivity contribution in [1.82, 2.24) is 9.97 Å². The third-order valence-electron chi connectivity index (χ3n) is 2.52. The number of nitrogens with one attached hydrogen (secondary N) is 1. The molecule has 0 aliphatic heterocycles. The van der Waals surface area contributed by atoms with Crippen LogP contribution in [0.1, 0.15) is 0 Å². The highest BCUT2D eigenvalue weighted by Gasteiger charge is 2.02. The highest BCUT2D eigenvalue weighted by atomic mass is 79.9. The molecule has 2 nitrogen and oxygen atoms in total. The Morgan fingerprint density at radius 3 is 2.62 bits per heavy atom. The van der Waals surface area contributed by atoms with E-state index in [4.69, 9.17) is 0 Å². The number of H-pyrrole nitrogens is 1. The van der Waals surface area contributed by atoms with E-state index in [0.29, 0.717) is 0 Å². The summed E-state index contributed by atoms with van der Waals surface area (Å²) in [5.74, 6) is 0. The van der Waals surface area contributed by atoms with Gasteiger partial charge in [-0.15, -0.1) is 0 Å². The van der Waals surface area contributed by atoms with Crippen LogP contribution >= 0.6 is 15.9 Å². The molecule has 3 aromatic rings. The SMILES string of the molecule is Brc1cc2ccc(-c3ccccc3)nc2[nH]1. The molecule has 0 radical (unpaired) electrons. The minimum atomic E-state index is 0.910. The van der Waals surface area contributed by atoms with Gasteiger partial charge in [-0.2, -0.15) is 0 Å². The van der Waals surface area contributed by atoms with Crippen molar-refractivity contribution in [2.45, 2.75) is 0 Å². The van der Waals surface area contributed by atoms with Crippen molar-refractivity contribution in [2.24, 2.45) is 0 Å². The zero-order chi connectivity index (χ0) is 11.0. The van der Waals surface area contributed by atoms with E-state index >= 15 is 0 Å². The first kappa shape index (κ1) is 9.60. The first-order valence-corrected chi connectivity index (χ1v) is 5.83. The van der Waals surface area contributed by atoms with Crippen molar-refractivity contribution in [3.8, 4) is 11.3 Å². The Labute approximate surface area is 101 Å². The van der Waals surface area contributed by atoms with Crippen LogP contribution in [0.15, 0.2) is 53.1 Å². The maximum atomic E-state index is 4.58. The molecule has 3 rings (SSSR count). The number of rotatable bonds is 1. The van der Waals surface area contributed by atoms with Crippen molar-refractivity contribution in [3.05, 3.63) is 53.1 Å². The van der Waals surface area contributed by atoms with E-state index in [0.717, 1.165) is 26.9 Å². The predicted octanol–water partition coefficient (Wildman–Crippen LogP) is 3.99. The van der Waals surface area contributed by atoms with Crippen molar-refractivity contribution in [2.75, 3.05) is 0 Å². The van der Waals surface area contributed by atoms with E-state index < -0.39 is 0 Å². The summed E-state index contributed by atoms with van der Waals surface area (Å²) in [6, 6.07) is 16.3. The number of aromatic nitrogens is 2. The lowest BCUT2D eigenvalue weighted by Crippen LogP contribution is -1.83. The summed E-state index contributed by atoms with van der Waals surface area (Å²) >= 11 is 3.41. The highest BCUT2D eigenvalue weighted by Crippen LogP contribution is 2.22. The molecule has 3 heteroatoms. The van der Waals surface area contributed by atoms with Crippen molar-refractivity contribution < 1.29 is 0 Å².